The average Bonchev–Trinajstić information content (AvgIpc) is 3.10. The molecule has 1 fully saturated rings. The van der Waals surface area contributed by atoms with E-state index in [1.54, 1.807) is 0 Å². The van der Waals surface area contributed by atoms with Crippen LogP contribution in [0.25, 0.3) is 0 Å². The fourth-order valence-corrected chi connectivity index (χ4v) is 4.15. The molecule has 1 aliphatic carbocycles. The van der Waals surface area contributed by atoms with Gasteiger partial charge in [-0.25, -0.2) is 4.99 Å². The molecule has 0 saturated heterocycles. The lowest BCUT2D eigenvalue weighted by molar-refractivity contribution is -0.135. The van der Waals surface area contributed by atoms with Crippen molar-refractivity contribution >= 4 is 5.84 Å². The number of aliphatic imine (C=N–C) groups is 1. The molecule has 6 nitrogen and oxygen atoms in total. The van der Waals surface area contributed by atoms with Crippen molar-refractivity contribution in [3.63, 3.8) is 0 Å². The third kappa shape index (κ3) is 7.15. The summed E-state index contributed by atoms with van der Waals surface area (Å²) >= 11 is 0. The lowest BCUT2D eigenvalue weighted by Crippen LogP contribution is -2.65. The van der Waals surface area contributed by atoms with Crippen molar-refractivity contribution in [2.45, 2.75) is 95.6 Å². The third-order valence-electron chi connectivity index (χ3n) is 5.83. The van der Waals surface area contributed by atoms with E-state index in [9.17, 15) is 13.2 Å². The molecule has 3 atom stereocenters. The third-order valence-corrected chi connectivity index (χ3v) is 5.83. The van der Waals surface area contributed by atoms with E-state index in [1.165, 1.54) is 19.3 Å². The fourth-order valence-electron chi connectivity index (χ4n) is 4.15. The first-order valence-electron chi connectivity index (χ1n) is 10.8. The Hall–Kier alpha value is -1.32. The summed E-state index contributed by atoms with van der Waals surface area (Å²) in [6, 6.07) is 0.446. The van der Waals surface area contributed by atoms with E-state index >= 15 is 0 Å². The van der Waals surface area contributed by atoms with Crippen LogP contribution >= 0.6 is 0 Å². The fraction of sp³-hybridized carbons (Fsp3) is 0.850. The van der Waals surface area contributed by atoms with Gasteiger partial charge in [-0.3, -0.25) is 15.5 Å². The van der Waals surface area contributed by atoms with Gasteiger partial charge in [-0.2, -0.15) is 13.2 Å². The zero-order valence-electron chi connectivity index (χ0n) is 17.4. The number of nitrogens with zero attached hydrogens (tertiary/aromatic N) is 2. The summed E-state index contributed by atoms with van der Waals surface area (Å²) in [5, 5.41) is 10.0. The zero-order chi connectivity index (χ0) is 20.9. The topological polar surface area (TPSA) is 60.9 Å². The van der Waals surface area contributed by atoms with Crippen molar-refractivity contribution in [3.05, 3.63) is 11.8 Å². The molecule has 0 bridgehead atoms. The predicted octanol–water partition coefficient (Wildman–Crippen LogP) is 3.42. The Balaban J connectivity index is 1.59. The normalized spacial score (nSPS) is 28.7. The van der Waals surface area contributed by atoms with Crippen molar-refractivity contribution < 1.29 is 17.9 Å². The van der Waals surface area contributed by atoms with Crippen LogP contribution in [0.2, 0.25) is 0 Å². The van der Waals surface area contributed by atoms with Gasteiger partial charge in [0.2, 0.25) is 0 Å². The van der Waals surface area contributed by atoms with Crippen LogP contribution < -0.4 is 16.0 Å². The molecule has 3 aliphatic rings. The minimum atomic E-state index is -4.13. The van der Waals surface area contributed by atoms with E-state index in [1.807, 2.05) is 6.92 Å². The van der Waals surface area contributed by atoms with Crippen molar-refractivity contribution in [1.29, 1.82) is 0 Å². The number of nitrogens with one attached hydrogen (secondary N) is 3. The van der Waals surface area contributed by atoms with Crippen LogP contribution in [0.4, 0.5) is 13.2 Å². The minimum Gasteiger partial charge on any atom is -0.494 e. The molecule has 2 aliphatic heterocycles. The van der Waals surface area contributed by atoms with Gasteiger partial charge in [0.1, 0.15) is 17.9 Å². The molecule has 1 saturated carbocycles. The van der Waals surface area contributed by atoms with Gasteiger partial charge in [0, 0.05) is 25.3 Å². The highest BCUT2D eigenvalue weighted by Gasteiger charge is 2.31. The van der Waals surface area contributed by atoms with Gasteiger partial charge < -0.3 is 10.1 Å². The monoisotopic (exact) mass is 417 g/mol. The number of ether oxygens (including phenoxy) is 1. The summed E-state index contributed by atoms with van der Waals surface area (Å²) in [7, 11) is 2.05. The van der Waals surface area contributed by atoms with Gasteiger partial charge in [0.05, 0.1) is 12.6 Å². The van der Waals surface area contributed by atoms with E-state index in [4.69, 9.17) is 4.74 Å². The lowest BCUT2D eigenvalue weighted by atomic mass is 9.94. The van der Waals surface area contributed by atoms with Gasteiger partial charge >= 0.3 is 6.18 Å². The van der Waals surface area contributed by atoms with Gasteiger partial charge in [-0.1, -0.05) is 19.3 Å². The quantitative estimate of drug-likeness (QED) is 0.565. The second-order valence-electron chi connectivity index (χ2n) is 8.34. The second kappa shape index (κ2) is 10.1. The number of halogens is 3. The first-order valence-corrected chi connectivity index (χ1v) is 10.8. The molecule has 0 aromatic rings. The van der Waals surface area contributed by atoms with Crippen LogP contribution in [-0.4, -0.2) is 55.2 Å². The molecule has 0 aromatic carbocycles. The van der Waals surface area contributed by atoms with Crippen LogP contribution in [0.5, 0.6) is 0 Å². The number of rotatable bonds is 8. The van der Waals surface area contributed by atoms with Gasteiger partial charge in [-0.15, -0.1) is 0 Å². The summed E-state index contributed by atoms with van der Waals surface area (Å²) in [6.07, 6.45) is 4.02. The highest BCUT2D eigenvalue weighted by molar-refractivity contribution is 5.83. The smallest absolute Gasteiger partial charge is 0.389 e. The summed E-state index contributed by atoms with van der Waals surface area (Å²) in [5.41, 5.74) is 0. The van der Waals surface area contributed by atoms with Crippen LogP contribution in [0.1, 0.15) is 64.7 Å². The number of alkyl halides is 3. The molecule has 3 N–H and O–H groups in total. The molecule has 0 amide bonds. The Morgan fingerprint density at radius 1 is 1.28 bits per heavy atom. The Kier molecular flexibility index (Phi) is 7.81. The van der Waals surface area contributed by atoms with Crippen LogP contribution in [0.15, 0.2) is 16.8 Å². The molecular weight excluding hydrogens is 383 g/mol. The van der Waals surface area contributed by atoms with Crippen molar-refractivity contribution in [2.24, 2.45) is 4.99 Å². The zero-order valence-corrected chi connectivity index (χ0v) is 17.4. The summed E-state index contributed by atoms with van der Waals surface area (Å²) in [4.78, 5) is 6.91. The SMILES string of the molecule is CC1CC=C(CNC2NC(CCCC(F)(F)F)=NC(N(C)C3CCCCC3)N2)O1. The Morgan fingerprint density at radius 3 is 2.69 bits per heavy atom. The summed E-state index contributed by atoms with van der Waals surface area (Å²) in [6.45, 7) is 2.59. The number of hydrogen-bond donors (Lipinski definition) is 3. The lowest BCUT2D eigenvalue weighted by Gasteiger charge is -2.40. The highest BCUT2D eigenvalue weighted by Crippen LogP contribution is 2.25. The van der Waals surface area contributed by atoms with Crippen LogP contribution in [-0.2, 0) is 4.74 Å². The molecule has 0 radical (unpaired) electrons. The van der Waals surface area contributed by atoms with E-state index in [0.29, 0.717) is 18.4 Å². The first-order chi connectivity index (χ1) is 13.8. The van der Waals surface area contributed by atoms with Crippen molar-refractivity contribution in [1.82, 2.24) is 20.9 Å². The first kappa shape index (κ1) is 22.4. The largest absolute Gasteiger partial charge is 0.494 e. The number of amidine groups is 1. The Labute approximate surface area is 171 Å². The van der Waals surface area contributed by atoms with Crippen molar-refractivity contribution in [3.8, 4) is 0 Å². The highest BCUT2D eigenvalue weighted by atomic mass is 19.4. The Bertz CT molecular complexity index is 589. The maximum atomic E-state index is 12.5. The number of hydrogen-bond acceptors (Lipinski definition) is 6. The van der Waals surface area contributed by atoms with Crippen molar-refractivity contribution in [2.75, 3.05) is 13.6 Å². The van der Waals surface area contributed by atoms with Gasteiger partial charge in [0.25, 0.3) is 0 Å². The molecule has 0 spiro atoms. The molecule has 2 heterocycles. The van der Waals surface area contributed by atoms with E-state index in [2.05, 4.69) is 39.0 Å². The molecule has 3 unspecified atom stereocenters. The summed E-state index contributed by atoms with van der Waals surface area (Å²) in [5.74, 6) is 1.52. The molecule has 166 valence electrons. The molecule has 29 heavy (non-hydrogen) atoms. The maximum Gasteiger partial charge on any atom is 0.389 e. The molecule has 0 aromatic heterocycles. The molecule has 3 rings (SSSR count). The van der Waals surface area contributed by atoms with Crippen LogP contribution in [0.3, 0.4) is 0 Å². The second-order valence-corrected chi connectivity index (χ2v) is 8.34. The maximum absolute atomic E-state index is 12.5. The average molecular weight is 418 g/mol. The van der Waals surface area contributed by atoms with Crippen LogP contribution in [0, 0.1) is 0 Å². The standard InChI is InChI=1S/C20H34F3N5O/c1-14-10-11-16(29-14)13-24-18-25-17(9-6-12-20(21,22)23)26-19(27-18)28(2)15-7-4-3-5-8-15/h11,14-15,18-19,24,27H,3-10,12-13H2,1-2H3,(H,25,26). The molecule has 9 heteroatoms. The summed E-state index contributed by atoms with van der Waals surface area (Å²) < 4.78 is 43.4. The van der Waals surface area contributed by atoms with E-state index in [0.717, 1.165) is 25.0 Å². The minimum absolute atomic E-state index is 0.0354. The Morgan fingerprint density at radius 2 is 2.03 bits per heavy atom. The van der Waals surface area contributed by atoms with E-state index < -0.39 is 12.6 Å². The van der Waals surface area contributed by atoms with Gasteiger partial charge in [0.15, 0.2) is 6.29 Å². The predicted molar refractivity (Wildman–Crippen MR) is 107 cm³/mol. The molecular formula is C20H34F3N5O. The van der Waals surface area contributed by atoms with E-state index in [-0.39, 0.29) is 31.5 Å². The van der Waals surface area contributed by atoms with Gasteiger partial charge in [-0.05, 0) is 39.3 Å².